The van der Waals surface area contributed by atoms with E-state index in [1.807, 2.05) is 19.1 Å². The van der Waals surface area contributed by atoms with Gasteiger partial charge in [-0.25, -0.2) is 0 Å². The van der Waals surface area contributed by atoms with Crippen LogP contribution in [0.4, 0.5) is 5.82 Å². The standard InChI is InChI=1S/C13H12BrN3O3/c1-8-3-4-11(15-6-8)9(2)20-12-5-10(14)7-16-13(12)17(18)19/h3-7,9H,1-2H3. The van der Waals surface area contributed by atoms with Gasteiger partial charge in [-0.3, -0.25) is 4.98 Å². The molecule has 0 saturated heterocycles. The van der Waals surface area contributed by atoms with Crippen molar-refractivity contribution >= 4 is 21.7 Å². The molecule has 1 unspecified atom stereocenters. The van der Waals surface area contributed by atoms with Crippen molar-refractivity contribution in [3.8, 4) is 5.75 Å². The number of ether oxygens (including phenoxy) is 1. The highest BCUT2D eigenvalue weighted by Crippen LogP contribution is 2.31. The summed E-state index contributed by atoms with van der Waals surface area (Å²) in [4.78, 5) is 18.3. The number of rotatable bonds is 4. The third-order valence-electron chi connectivity index (χ3n) is 2.63. The van der Waals surface area contributed by atoms with Crippen molar-refractivity contribution < 1.29 is 9.66 Å². The Morgan fingerprint density at radius 3 is 2.70 bits per heavy atom. The van der Waals surface area contributed by atoms with Crippen LogP contribution in [-0.2, 0) is 0 Å². The van der Waals surface area contributed by atoms with Crippen molar-refractivity contribution in [2.24, 2.45) is 0 Å². The number of aromatic nitrogens is 2. The molecule has 0 aliphatic heterocycles. The molecule has 0 fully saturated rings. The molecule has 0 aromatic carbocycles. The maximum absolute atomic E-state index is 10.9. The van der Waals surface area contributed by atoms with E-state index in [0.717, 1.165) is 5.56 Å². The number of halogens is 1. The van der Waals surface area contributed by atoms with E-state index in [0.29, 0.717) is 10.2 Å². The summed E-state index contributed by atoms with van der Waals surface area (Å²) in [5.74, 6) is -0.202. The molecule has 104 valence electrons. The summed E-state index contributed by atoms with van der Waals surface area (Å²) < 4.78 is 6.23. The van der Waals surface area contributed by atoms with Crippen LogP contribution in [0, 0.1) is 17.0 Å². The van der Waals surface area contributed by atoms with E-state index in [1.165, 1.54) is 12.3 Å². The van der Waals surface area contributed by atoms with Gasteiger partial charge in [0.25, 0.3) is 0 Å². The van der Waals surface area contributed by atoms with Gasteiger partial charge in [0.2, 0.25) is 5.75 Å². The van der Waals surface area contributed by atoms with Crippen LogP contribution >= 0.6 is 15.9 Å². The van der Waals surface area contributed by atoms with E-state index < -0.39 is 11.0 Å². The largest absolute Gasteiger partial charge is 0.476 e. The maximum atomic E-state index is 10.9. The van der Waals surface area contributed by atoms with Gasteiger partial charge in [0.05, 0.1) is 10.2 Å². The minimum atomic E-state index is -0.572. The molecule has 0 aliphatic rings. The molecule has 0 radical (unpaired) electrons. The van der Waals surface area contributed by atoms with E-state index in [2.05, 4.69) is 25.9 Å². The topological polar surface area (TPSA) is 78.2 Å². The first-order valence-electron chi connectivity index (χ1n) is 5.86. The minimum Gasteiger partial charge on any atom is -0.476 e. The Morgan fingerprint density at radius 1 is 1.35 bits per heavy atom. The average Bonchev–Trinajstić information content (AvgIpc) is 2.39. The van der Waals surface area contributed by atoms with E-state index in [1.54, 1.807) is 13.1 Å². The Balaban J connectivity index is 2.27. The molecule has 2 aromatic rings. The van der Waals surface area contributed by atoms with Crippen molar-refractivity contribution in [3.05, 3.63) is 56.4 Å². The second-order valence-electron chi connectivity index (χ2n) is 4.25. The first-order valence-corrected chi connectivity index (χ1v) is 6.66. The molecular weight excluding hydrogens is 326 g/mol. The Morgan fingerprint density at radius 2 is 2.10 bits per heavy atom. The fourth-order valence-corrected chi connectivity index (χ4v) is 1.92. The van der Waals surface area contributed by atoms with Crippen LogP contribution in [-0.4, -0.2) is 14.9 Å². The lowest BCUT2D eigenvalue weighted by Gasteiger charge is -2.14. The fraction of sp³-hybridized carbons (Fsp3) is 0.231. The van der Waals surface area contributed by atoms with Crippen molar-refractivity contribution in [2.75, 3.05) is 0 Å². The molecule has 2 aromatic heterocycles. The number of aryl methyl sites for hydroxylation is 1. The molecule has 2 rings (SSSR count). The molecule has 20 heavy (non-hydrogen) atoms. The molecule has 0 aliphatic carbocycles. The van der Waals surface area contributed by atoms with Crippen LogP contribution in [0.5, 0.6) is 5.75 Å². The number of pyridine rings is 2. The predicted octanol–water partition coefficient (Wildman–Crippen LogP) is 3.60. The second kappa shape index (κ2) is 5.96. The van der Waals surface area contributed by atoms with Gasteiger partial charge in [0.1, 0.15) is 6.10 Å². The number of hydrogen-bond acceptors (Lipinski definition) is 5. The molecule has 0 bridgehead atoms. The van der Waals surface area contributed by atoms with Crippen molar-refractivity contribution in [1.29, 1.82) is 0 Å². The third kappa shape index (κ3) is 3.30. The van der Waals surface area contributed by atoms with Crippen LogP contribution in [0.2, 0.25) is 0 Å². The zero-order valence-electron chi connectivity index (χ0n) is 10.9. The number of nitro groups is 1. The highest BCUT2D eigenvalue weighted by Gasteiger charge is 2.20. The van der Waals surface area contributed by atoms with Crippen LogP contribution in [0.1, 0.15) is 24.3 Å². The Bertz CT molecular complexity index is 631. The van der Waals surface area contributed by atoms with Gasteiger partial charge in [-0.15, -0.1) is 0 Å². The van der Waals surface area contributed by atoms with E-state index in [4.69, 9.17) is 4.74 Å². The summed E-state index contributed by atoms with van der Waals surface area (Å²) in [5.41, 5.74) is 1.74. The highest BCUT2D eigenvalue weighted by molar-refractivity contribution is 9.10. The van der Waals surface area contributed by atoms with Gasteiger partial charge >= 0.3 is 5.82 Å². The summed E-state index contributed by atoms with van der Waals surface area (Å²) in [6, 6.07) is 5.27. The Kier molecular flexibility index (Phi) is 4.29. The first-order chi connectivity index (χ1) is 9.47. The first kappa shape index (κ1) is 14.4. The van der Waals surface area contributed by atoms with Gasteiger partial charge < -0.3 is 14.9 Å². The van der Waals surface area contributed by atoms with E-state index in [9.17, 15) is 10.1 Å². The molecule has 7 heteroatoms. The summed E-state index contributed by atoms with van der Waals surface area (Å²) in [7, 11) is 0. The normalized spacial score (nSPS) is 11.9. The quantitative estimate of drug-likeness (QED) is 0.629. The number of nitrogens with zero attached hydrogens (tertiary/aromatic N) is 3. The molecule has 0 spiro atoms. The van der Waals surface area contributed by atoms with Crippen molar-refractivity contribution in [1.82, 2.24) is 9.97 Å². The van der Waals surface area contributed by atoms with Crippen LogP contribution < -0.4 is 4.74 Å². The van der Waals surface area contributed by atoms with Gasteiger partial charge in [-0.1, -0.05) is 6.07 Å². The SMILES string of the molecule is Cc1ccc(C(C)Oc2cc(Br)cnc2[N+](=O)[O-])nc1. The molecular formula is C13H12BrN3O3. The van der Waals surface area contributed by atoms with Crippen molar-refractivity contribution in [2.45, 2.75) is 20.0 Å². The number of hydrogen-bond donors (Lipinski definition) is 0. The molecule has 6 nitrogen and oxygen atoms in total. The molecule has 0 amide bonds. The van der Waals surface area contributed by atoms with E-state index >= 15 is 0 Å². The average molecular weight is 338 g/mol. The summed E-state index contributed by atoms with van der Waals surface area (Å²) in [6.45, 7) is 3.72. The third-order valence-corrected chi connectivity index (χ3v) is 3.06. The minimum absolute atomic E-state index is 0.110. The van der Waals surface area contributed by atoms with Crippen LogP contribution in [0.3, 0.4) is 0 Å². The zero-order valence-corrected chi connectivity index (χ0v) is 12.5. The molecule has 0 N–H and O–H groups in total. The Labute approximate surface area is 124 Å². The molecule has 1 atom stereocenters. The van der Waals surface area contributed by atoms with Crippen LogP contribution in [0.25, 0.3) is 0 Å². The second-order valence-corrected chi connectivity index (χ2v) is 5.17. The van der Waals surface area contributed by atoms with Crippen molar-refractivity contribution in [3.63, 3.8) is 0 Å². The lowest BCUT2D eigenvalue weighted by molar-refractivity contribution is -0.390. The smallest absolute Gasteiger partial charge is 0.406 e. The molecule has 0 saturated carbocycles. The maximum Gasteiger partial charge on any atom is 0.406 e. The Hall–Kier alpha value is -2.02. The van der Waals surface area contributed by atoms with Gasteiger partial charge in [-0.2, -0.15) is 0 Å². The summed E-state index contributed by atoms with van der Waals surface area (Å²) >= 11 is 3.22. The van der Waals surface area contributed by atoms with Crippen LogP contribution in [0.15, 0.2) is 35.1 Å². The summed E-state index contributed by atoms with van der Waals surface area (Å²) in [6.07, 6.45) is 2.67. The lowest BCUT2D eigenvalue weighted by Crippen LogP contribution is -2.07. The van der Waals surface area contributed by atoms with E-state index in [-0.39, 0.29) is 11.6 Å². The van der Waals surface area contributed by atoms with Gasteiger partial charge in [0, 0.05) is 12.3 Å². The molecule has 2 heterocycles. The highest BCUT2D eigenvalue weighted by atomic mass is 79.9. The van der Waals surface area contributed by atoms with Gasteiger partial charge in [-0.05, 0) is 51.3 Å². The zero-order chi connectivity index (χ0) is 14.7. The monoisotopic (exact) mass is 337 g/mol. The van der Waals surface area contributed by atoms with Gasteiger partial charge in [0.15, 0.2) is 6.20 Å². The summed E-state index contributed by atoms with van der Waals surface area (Å²) in [5, 5.41) is 10.9. The predicted molar refractivity (Wildman–Crippen MR) is 76.6 cm³/mol. The lowest BCUT2D eigenvalue weighted by atomic mass is 10.2. The fourth-order valence-electron chi connectivity index (χ4n) is 1.61.